The lowest BCUT2D eigenvalue weighted by molar-refractivity contribution is -0.203. The number of aliphatic hydroxyl groups is 5. The second kappa shape index (κ2) is 20.4. The summed E-state index contributed by atoms with van der Waals surface area (Å²) in [6.07, 6.45) is 22.3. The number of imidazole rings is 1. The molecule has 2 bridgehead atoms. The third-order valence-corrected chi connectivity index (χ3v) is 23.2. The first-order valence-corrected chi connectivity index (χ1v) is 29.7. The largest absolute Gasteiger partial charge is 0.393 e. The quantitative estimate of drug-likeness (QED) is 0.0432. The topological polar surface area (TPSA) is 198 Å². The number of nitrogens with zero attached hydrogens (tertiary/aromatic N) is 3. The lowest BCUT2D eigenvalue weighted by Crippen LogP contribution is -2.69. The Balaban J connectivity index is 1.19. The van der Waals surface area contributed by atoms with Crippen molar-refractivity contribution in [2.24, 2.45) is 79.7 Å². The monoisotopic (exact) mass is 993 g/mol. The SMILES string of the molecule is CNC[C@H]1[C@@H](O)[C@@H](O)C[C@]2(C3CCCCC3)[C@@H]3C(=CC(=O)[C@H]12)[C@]1(O)[C@H]2CSSC[C@@H](n4ccnc4)CC(C)(C)/C(=C4\CCCC5(CCCC5)C4)C[C@@H](O)[C@@H](C)[C@@H](C2)[C@@]1(C)C[C@@H]3CN=C(N)N[C@@H](C)O. The van der Waals surface area contributed by atoms with Crippen molar-refractivity contribution in [3.63, 3.8) is 0 Å². The van der Waals surface area contributed by atoms with Crippen molar-refractivity contribution in [1.82, 2.24) is 20.2 Å². The molecule has 14 heteroatoms. The number of hydrogen-bond donors (Lipinski definition) is 8. The molecule has 0 radical (unpaired) electrons. The number of nitrogens with two attached hydrogens (primary N) is 1. The number of carbonyl (C=O) groups is 1. The molecule has 0 amide bonds. The normalized spacial score (nSPS) is 43.6. The lowest BCUT2D eigenvalue weighted by Gasteiger charge is -2.67. The van der Waals surface area contributed by atoms with Crippen molar-refractivity contribution >= 4 is 33.3 Å². The van der Waals surface area contributed by atoms with Crippen LogP contribution in [0.4, 0.5) is 0 Å². The van der Waals surface area contributed by atoms with Crippen LogP contribution >= 0.6 is 21.6 Å². The van der Waals surface area contributed by atoms with Crippen LogP contribution in [-0.4, -0.2) is 109 Å². The molecule has 1 saturated heterocycles. The van der Waals surface area contributed by atoms with Gasteiger partial charge in [-0.25, -0.2) is 4.98 Å². The number of guanidine groups is 1. The Morgan fingerprint density at radius 2 is 1.70 bits per heavy atom. The Morgan fingerprint density at radius 3 is 2.39 bits per heavy atom. The van der Waals surface area contributed by atoms with Crippen LogP contribution in [0, 0.1) is 69.0 Å². The summed E-state index contributed by atoms with van der Waals surface area (Å²) >= 11 is 0. The van der Waals surface area contributed by atoms with Gasteiger partial charge in [0.25, 0.3) is 0 Å². The molecule has 0 unspecified atom stereocenters. The first kappa shape index (κ1) is 52.0. The van der Waals surface area contributed by atoms with Gasteiger partial charge in [-0.1, -0.05) is 92.5 Å². The number of nitrogens with one attached hydrogen (secondary N) is 2. The molecule has 69 heavy (non-hydrogen) atoms. The average Bonchev–Trinajstić information content (AvgIpc) is 4.06. The van der Waals surface area contributed by atoms with E-state index in [2.05, 4.69) is 54.1 Å². The van der Waals surface area contributed by atoms with E-state index in [9.17, 15) is 25.5 Å². The van der Waals surface area contributed by atoms with Gasteiger partial charge in [-0.2, -0.15) is 0 Å². The highest BCUT2D eigenvalue weighted by Gasteiger charge is 2.74. The van der Waals surface area contributed by atoms with Crippen LogP contribution in [0.25, 0.3) is 0 Å². The van der Waals surface area contributed by atoms with Gasteiger partial charge in [0.1, 0.15) is 6.23 Å². The van der Waals surface area contributed by atoms with Crippen LogP contribution in [0.15, 0.2) is 46.5 Å². The molecule has 7 fully saturated rings. The molecule has 1 aromatic heterocycles. The highest BCUT2D eigenvalue weighted by molar-refractivity contribution is 8.76. The summed E-state index contributed by atoms with van der Waals surface area (Å²) in [5.74, 6) is -0.237. The zero-order valence-electron chi connectivity index (χ0n) is 42.8. The lowest BCUT2D eigenvalue weighted by atomic mass is 9.38. The number of aliphatic hydroxyl groups excluding tert-OH is 4. The van der Waals surface area contributed by atoms with Crippen molar-refractivity contribution in [1.29, 1.82) is 0 Å². The van der Waals surface area contributed by atoms with Gasteiger partial charge < -0.3 is 46.5 Å². The van der Waals surface area contributed by atoms with E-state index in [1.165, 1.54) is 44.1 Å². The highest BCUT2D eigenvalue weighted by Crippen LogP contribution is 2.74. The summed E-state index contributed by atoms with van der Waals surface area (Å²) in [4.78, 5) is 25.0. The fourth-order valence-electron chi connectivity index (χ4n) is 17.8. The Bertz CT molecular complexity index is 2070. The third kappa shape index (κ3) is 9.27. The van der Waals surface area contributed by atoms with E-state index < -0.39 is 52.8 Å². The van der Waals surface area contributed by atoms with E-state index in [1.807, 2.05) is 47.2 Å². The number of aliphatic imine (C=N–C) groups is 1. The minimum absolute atomic E-state index is 0.0365. The summed E-state index contributed by atoms with van der Waals surface area (Å²) in [6, 6.07) is 0.183. The number of rotatable bonds is 7. The van der Waals surface area contributed by atoms with Crippen LogP contribution in [0.3, 0.4) is 0 Å². The zero-order chi connectivity index (χ0) is 49.1. The van der Waals surface area contributed by atoms with Gasteiger partial charge in [0.15, 0.2) is 11.7 Å². The van der Waals surface area contributed by atoms with Gasteiger partial charge in [-0.3, -0.25) is 9.79 Å². The molecule has 386 valence electrons. The second-order valence-corrected chi connectivity index (χ2v) is 27.4. The number of hydrogen-bond acceptors (Lipinski definition) is 11. The smallest absolute Gasteiger partial charge is 0.190 e. The molecule has 15 atom stereocenters. The van der Waals surface area contributed by atoms with Crippen LogP contribution < -0.4 is 16.4 Å². The summed E-state index contributed by atoms with van der Waals surface area (Å²) in [5.41, 5.74) is 7.66. The number of fused-ring (bicyclic) bond motifs is 9. The molecule has 2 heterocycles. The average molecular weight is 993 g/mol. The number of allylic oxidation sites excluding steroid dienone is 2. The van der Waals surface area contributed by atoms with Gasteiger partial charge in [0, 0.05) is 66.2 Å². The van der Waals surface area contributed by atoms with Crippen molar-refractivity contribution in [3.8, 4) is 0 Å². The summed E-state index contributed by atoms with van der Waals surface area (Å²) < 4.78 is 2.28. The molecule has 8 aliphatic rings. The van der Waals surface area contributed by atoms with Crippen molar-refractivity contribution in [2.75, 3.05) is 31.6 Å². The van der Waals surface area contributed by atoms with Crippen molar-refractivity contribution in [2.45, 2.75) is 186 Å². The summed E-state index contributed by atoms with van der Waals surface area (Å²) in [5, 5.41) is 68.1. The first-order valence-electron chi connectivity index (χ1n) is 27.2. The predicted molar refractivity (Wildman–Crippen MR) is 278 cm³/mol. The Morgan fingerprint density at radius 1 is 0.971 bits per heavy atom. The van der Waals surface area contributed by atoms with E-state index >= 15 is 4.79 Å². The second-order valence-electron chi connectivity index (χ2n) is 24.9. The van der Waals surface area contributed by atoms with Crippen LogP contribution in [-0.2, 0) is 4.79 Å². The Kier molecular flexibility index (Phi) is 15.4. The summed E-state index contributed by atoms with van der Waals surface area (Å²) in [6.45, 7) is 11.7. The van der Waals surface area contributed by atoms with Crippen molar-refractivity contribution < 1.29 is 30.3 Å². The van der Waals surface area contributed by atoms with Crippen LogP contribution in [0.1, 0.15) is 156 Å². The van der Waals surface area contributed by atoms with Crippen molar-refractivity contribution in [3.05, 3.63) is 41.5 Å². The van der Waals surface area contributed by atoms with Gasteiger partial charge in [0.2, 0.25) is 0 Å². The highest BCUT2D eigenvalue weighted by atomic mass is 33.1. The fourth-order valence-corrected chi connectivity index (χ4v) is 20.5. The molecule has 0 aromatic carbocycles. The van der Waals surface area contributed by atoms with E-state index in [-0.39, 0.29) is 65.1 Å². The van der Waals surface area contributed by atoms with E-state index in [0.29, 0.717) is 43.5 Å². The molecule has 7 aliphatic carbocycles. The number of ketones is 1. The first-order chi connectivity index (χ1) is 32.9. The minimum atomic E-state index is -1.39. The molecule has 1 aromatic rings. The maximum Gasteiger partial charge on any atom is 0.190 e. The third-order valence-electron chi connectivity index (χ3n) is 20.6. The maximum atomic E-state index is 15.6. The Labute approximate surface area is 421 Å². The number of aromatic nitrogens is 2. The zero-order valence-corrected chi connectivity index (χ0v) is 44.4. The van der Waals surface area contributed by atoms with Crippen LogP contribution in [0.2, 0.25) is 0 Å². The van der Waals surface area contributed by atoms with E-state index in [1.54, 1.807) is 12.5 Å². The fraction of sp³-hybridized carbons (Fsp3) is 0.836. The van der Waals surface area contributed by atoms with E-state index in [0.717, 1.165) is 62.7 Å². The van der Waals surface area contributed by atoms with Gasteiger partial charge in [-0.05, 0) is 155 Å². The molecule has 9 rings (SSSR count). The minimum Gasteiger partial charge on any atom is -0.393 e. The van der Waals surface area contributed by atoms with Gasteiger partial charge in [0.05, 0.1) is 30.2 Å². The van der Waals surface area contributed by atoms with Crippen LogP contribution in [0.5, 0.6) is 0 Å². The molecular weight excluding hydrogens is 905 g/mol. The summed E-state index contributed by atoms with van der Waals surface area (Å²) in [7, 11) is 5.58. The molecule has 1 aliphatic heterocycles. The molecule has 6 saturated carbocycles. The van der Waals surface area contributed by atoms with E-state index in [4.69, 9.17) is 10.7 Å². The standard InChI is InChI=1S/C55H88N6O6S2/c1-33-41-21-38(30-68-69-31-39(61-20-19-58-32-61)26-51(3,4)42(22-44(33)63)35-13-12-18-53(25-35)16-10-11-17-53)55(67)43-23-45(64)48-40(29-57-6)49(66)46(65)27-54(48,37-14-8-7-9-15-37)47(43)36(24-52(41,55)5)28-59-50(56)60-34(2)62/h19-20,23,32-34,36-41,44,46-49,57,62-63,65-67H,7-18,21-22,24-31H2,1-6H3,(H3,56,59,60)/b42-35+/t33-,34+,36+,38+,39-,40+,41+,44+,46-,47-,48-,49+,52+,54-,55+/m0/s1. The number of carbonyl (C=O) groups excluding carboxylic acids is 1. The Hall–Kier alpha value is -1.91. The molecular formula is C55H88N6O6S2. The van der Waals surface area contributed by atoms with Gasteiger partial charge in [-0.15, -0.1) is 0 Å². The molecule has 12 nitrogen and oxygen atoms in total. The van der Waals surface area contributed by atoms with Gasteiger partial charge >= 0.3 is 0 Å². The predicted octanol–water partition coefficient (Wildman–Crippen LogP) is 7.96. The molecule has 1 spiro atoms. The molecule has 9 N–H and O–H groups in total. The maximum absolute atomic E-state index is 15.6.